The lowest BCUT2D eigenvalue weighted by molar-refractivity contribution is 0.213. The smallest absolute Gasteiger partial charge is 0.161 e. The Kier molecular flexibility index (Phi) is 5.98. The fourth-order valence-corrected chi connectivity index (χ4v) is 2.18. The van der Waals surface area contributed by atoms with Crippen LogP contribution >= 0.6 is 11.6 Å². The Morgan fingerprint density at radius 2 is 2.00 bits per heavy atom. The summed E-state index contributed by atoms with van der Waals surface area (Å²) >= 11 is 5.98. The van der Waals surface area contributed by atoms with Crippen molar-refractivity contribution in [2.45, 2.75) is 25.9 Å². The van der Waals surface area contributed by atoms with Gasteiger partial charge in [0.1, 0.15) is 11.8 Å². The Morgan fingerprint density at radius 3 is 2.68 bits per heavy atom. The third kappa shape index (κ3) is 3.87. The van der Waals surface area contributed by atoms with Crippen LogP contribution in [-0.4, -0.2) is 28.8 Å². The zero-order chi connectivity index (χ0) is 15.9. The number of hydrogen-bond acceptors (Lipinski definition) is 5. The van der Waals surface area contributed by atoms with Gasteiger partial charge in [-0.2, -0.15) is 0 Å². The first-order chi connectivity index (χ1) is 10.7. The molecule has 0 aliphatic heterocycles. The van der Waals surface area contributed by atoms with Crippen LogP contribution in [0.5, 0.6) is 11.5 Å². The van der Waals surface area contributed by atoms with Crippen molar-refractivity contribution in [3.63, 3.8) is 0 Å². The van der Waals surface area contributed by atoms with Gasteiger partial charge < -0.3 is 14.6 Å². The maximum atomic E-state index is 10.4. The molecule has 2 aromatic rings. The lowest BCUT2D eigenvalue weighted by atomic mass is 10.1. The van der Waals surface area contributed by atoms with Crippen LogP contribution < -0.4 is 9.47 Å². The largest absolute Gasteiger partial charge is 0.493 e. The minimum Gasteiger partial charge on any atom is -0.493 e. The number of benzene rings is 1. The van der Waals surface area contributed by atoms with Crippen molar-refractivity contribution in [1.29, 1.82) is 0 Å². The summed E-state index contributed by atoms with van der Waals surface area (Å²) in [6.45, 7) is 2.69. The Bertz CT molecular complexity index is 622. The highest BCUT2D eigenvalue weighted by Gasteiger charge is 2.18. The van der Waals surface area contributed by atoms with Gasteiger partial charge in [-0.15, -0.1) is 0 Å². The van der Waals surface area contributed by atoms with E-state index in [9.17, 15) is 5.11 Å². The first-order valence-electron chi connectivity index (χ1n) is 7.12. The average molecular weight is 323 g/mol. The molecule has 118 valence electrons. The van der Waals surface area contributed by atoms with Crippen LogP contribution in [0.15, 0.2) is 30.6 Å². The number of nitrogens with zero attached hydrogens (tertiary/aromatic N) is 2. The van der Waals surface area contributed by atoms with Gasteiger partial charge in [-0.25, -0.2) is 4.98 Å². The normalized spacial score (nSPS) is 12.0. The van der Waals surface area contributed by atoms with Crippen LogP contribution in [0.1, 0.15) is 37.1 Å². The van der Waals surface area contributed by atoms with E-state index in [4.69, 9.17) is 21.1 Å². The summed E-state index contributed by atoms with van der Waals surface area (Å²) in [6, 6.07) is 5.25. The second-order valence-electron chi connectivity index (χ2n) is 4.75. The van der Waals surface area contributed by atoms with E-state index in [2.05, 4.69) is 16.9 Å². The minimum atomic E-state index is -0.972. The second kappa shape index (κ2) is 7.96. The van der Waals surface area contributed by atoms with E-state index in [1.54, 1.807) is 25.3 Å². The van der Waals surface area contributed by atoms with Crippen molar-refractivity contribution >= 4 is 11.6 Å². The van der Waals surface area contributed by atoms with Crippen LogP contribution in [0.4, 0.5) is 0 Å². The number of aliphatic hydroxyl groups excluding tert-OH is 1. The Balaban J connectivity index is 2.27. The average Bonchev–Trinajstić information content (AvgIpc) is 2.55. The van der Waals surface area contributed by atoms with Gasteiger partial charge in [0.25, 0.3) is 0 Å². The summed E-state index contributed by atoms with van der Waals surface area (Å²) in [4.78, 5) is 8.02. The summed E-state index contributed by atoms with van der Waals surface area (Å²) in [6.07, 6.45) is 3.99. The quantitative estimate of drug-likeness (QED) is 0.791. The molecule has 2 rings (SSSR count). The van der Waals surface area contributed by atoms with E-state index in [0.29, 0.717) is 29.4 Å². The zero-order valence-corrected chi connectivity index (χ0v) is 13.4. The van der Waals surface area contributed by atoms with Crippen LogP contribution in [0, 0.1) is 0 Å². The van der Waals surface area contributed by atoms with Crippen molar-refractivity contribution in [1.82, 2.24) is 9.97 Å². The number of unbranched alkanes of at least 4 members (excludes halogenated alkanes) is 1. The van der Waals surface area contributed by atoms with Crippen LogP contribution in [0.2, 0.25) is 5.15 Å². The summed E-state index contributed by atoms with van der Waals surface area (Å²) in [5, 5.41) is 10.6. The molecule has 0 radical (unpaired) electrons. The standard InChI is InChI=1S/C16H19ClN2O3/c1-3-4-9-22-13-10-11(5-6-12(13)21-2)15(20)14-16(17)19-8-7-18-14/h5-8,10,15,20H,3-4,9H2,1-2H3. The zero-order valence-electron chi connectivity index (χ0n) is 12.6. The van der Waals surface area contributed by atoms with Crippen molar-refractivity contribution in [2.24, 2.45) is 0 Å². The van der Waals surface area contributed by atoms with Crippen LogP contribution in [0.3, 0.4) is 0 Å². The van der Waals surface area contributed by atoms with Crippen LogP contribution in [-0.2, 0) is 0 Å². The van der Waals surface area contributed by atoms with Crippen molar-refractivity contribution in [3.8, 4) is 11.5 Å². The molecule has 0 fully saturated rings. The van der Waals surface area contributed by atoms with Gasteiger partial charge in [0, 0.05) is 12.4 Å². The molecule has 1 unspecified atom stereocenters. The minimum absolute atomic E-state index is 0.180. The number of aromatic nitrogens is 2. The van der Waals surface area contributed by atoms with Crippen molar-refractivity contribution < 1.29 is 14.6 Å². The van der Waals surface area contributed by atoms with Crippen molar-refractivity contribution in [2.75, 3.05) is 13.7 Å². The molecular weight excluding hydrogens is 304 g/mol. The molecule has 6 heteroatoms. The number of halogens is 1. The molecule has 5 nitrogen and oxygen atoms in total. The van der Waals surface area contributed by atoms with E-state index in [1.807, 2.05) is 0 Å². The number of aliphatic hydroxyl groups is 1. The van der Waals surface area contributed by atoms with Gasteiger partial charge in [0.15, 0.2) is 16.7 Å². The Morgan fingerprint density at radius 1 is 1.23 bits per heavy atom. The molecule has 1 heterocycles. The summed E-state index contributed by atoms with van der Waals surface area (Å²) in [5.74, 6) is 1.21. The SMILES string of the molecule is CCCCOc1cc(C(O)c2nccnc2Cl)ccc1OC. The topological polar surface area (TPSA) is 64.5 Å². The maximum Gasteiger partial charge on any atom is 0.161 e. The molecule has 1 aromatic heterocycles. The first-order valence-corrected chi connectivity index (χ1v) is 7.50. The monoisotopic (exact) mass is 322 g/mol. The predicted molar refractivity (Wildman–Crippen MR) is 84.5 cm³/mol. The van der Waals surface area contributed by atoms with Gasteiger partial charge in [0.2, 0.25) is 0 Å². The highest BCUT2D eigenvalue weighted by atomic mass is 35.5. The van der Waals surface area contributed by atoms with E-state index in [-0.39, 0.29) is 5.15 Å². The first kappa shape index (κ1) is 16.5. The molecule has 0 spiro atoms. The fraction of sp³-hybridized carbons (Fsp3) is 0.375. The van der Waals surface area contributed by atoms with Crippen LogP contribution in [0.25, 0.3) is 0 Å². The number of ether oxygens (including phenoxy) is 2. The molecule has 0 saturated heterocycles. The maximum absolute atomic E-state index is 10.4. The van der Waals surface area contributed by atoms with Gasteiger partial charge in [-0.1, -0.05) is 31.0 Å². The second-order valence-corrected chi connectivity index (χ2v) is 5.11. The number of hydrogen-bond donors (Lipinski definition) is 1. The fourth-order valence-electron chi connectivity index (χ4n) is 1.98. The Labute approximate surface area is 134 Å². The third-order valence-electron chi connectivity index (χ3n) is 3.20. The van der Waals surface area contributed by atoms with E-state index < -0.39 is 6.10 Å². The Hall–Kier alpha value is -1.85. The lowest BCUT2D eigenvalue weighted by Crippen LogP contribution is -2.06. The third-order valence-corrected chi connectivity index (χ3v) is 3.49. The summed E-state index contributed by atoms with van der Waals surface area (Å²) in [7, 11) is 1.58. The van der Waals surface area contributed by atoms with E-state index >= 15 is 0 Å². The van der Waals surface area contributed by atoms with Crippen molar-refractivity contribution in [3.05, 3.63) is 47.0 Å². The molecule has 1 aromatic carbocycles. The molecule has 1 atom stereocenters. The molecule has 0 amide bonds. The van der Waals surface area contributed by atoms with E-state index in [0.717, 1.165) is 12.8 Å². The molecule has 0 aliphatic rings. The van der Waals surface area contributed by atoms with Gasteiger partial charge >= 0.3 is 0 Å². The molecule has 0 bridgehead atoms. The molecule has 0 saturated carbocycles. The highest BCUT2D eigenvalue weighted by molar-refractivity contribution is 6.30. The molecule has 0 aliphatic carbocycles. The molecule has 22 heavy (non-hydrogen) atoms. The van der Waals surface area contributed by atoms with E-state index in [1.165, 1.54) is 12.4 Å². The summed E-state index contributed by atoms with van der Waals surface area (Å²) < 4.78 is 11.0. The summed E-state index contributed by atoms with van der Waals surface area (Å²) in [5.41, 5.74) is 0.934. The van der Waals surface area contributed by atoms with Gasteiger partial charge in [0.05, 0.1) is 13.7 Å². The lowest BCUT2D eigenvalue weighted by Gasteiger charge is -2.15. The molecular formula is C16H19ClN2O3. The van der Waals surface area contributed by atoms with Gasteiger partial charge in [-0.05, 0) is 24.1 Å². The highest BCUT2D eigenvalue weighted by Crippen LogP contribution is 2.33. The number of methoxy groups -OCH3 is 1. The van der Waals surface area contributed by atoms with Gasteiger partial charge in [-0.3, -0.25) is 4.98 Å². The predicted octanol–water partition coefficient (Wildman–Crippen LogP) is 3.40. The number of rotatable bonds is 7. The molecule has 1 N–H and O–H groups in total.